The summed E-state index contributed by atoms with van der Waals surface area (Å²) in [6.07, 6.45) is 2.40. The van der Waals surface area contributed by atoms with Gasteiger partial charge in [0.05, 0.1) is 19.8 Å². The van der Waals surface area contributed by atoms with Gasteiger partial charge in [0.25, 0.3) is 0 Å². The zero-order valence-corrected chi connectivity index (χ0v) is 10.7. The third-order valence-electron chi connectivity index (χ3n) is 2.97. The van der Waals surface area contributed by atoms with Gasteiger partial charge in [0.2, 0.25) is 0 Å². The van der Waals surface area contributed by atoms with Gasteiger partial charge in [-0.2, -0.15) is 0 Å². The second-order valence-electron chi connectivity index (χ2n) is 4.35. The minimum atomic E-state index is 0.510. The van der Waals surface area contributed by atoms with E-state index in [0.717, 1.165) is 46.0 Å². The first-order chi connectivity index (χ1) is 7.86. The molecule has 1 aliphatic heterocycles. The second kappa shape index (κ2) is 8.93. The molecule has 0 spiro atoms. The monoisotopic (exact) mass is 230 g/mol. The standard InChI is InChI=1S/C12H26N2O2/c1-3-4-12(11-15-2)13-5-6-14-7-9-16-10-8-14/h12-13H,3-11H2,1-2H3. The summed E-state index contributed by atoms with van der Waals surface area (Å²) < 4.78 is 10.5. The first-order valence-electron chi connectivity index (χ1n) is 6.39. The van der Waals surface area contributed by atoms with Crippen LogP contribution in [0.3, 0.4) is 0 Å². The fourth-order valence-corrected chi connectivity index (χ4v) is 2.05. The highest BCUT2D eigenvalue weighted by Gasteiger charge is 2.11. The lowest BCUT2D eigenvalue weighted by atomic mass is 10.2. The molecule has 1 saturated heterocycles. The smallest absolute Gasteiger partial charge is 0.0615 e. The predicted octanol–water partition coefficient (Wildman–Crippen LogP) is 0.723. The lowest BCUT2D eigenvalue weighted by Gasteiger charge is -2.27. The van der Waals surface area contributed by atoms with Crippen molar-refractivity contribution in [2.75, 3.05) is 53.1 Å². The Kier molecular flexibility index (Phi) is 7.76. The SMILES string of the molecule is CCCC(COC)NCCN1CCOCC1. The lowest BCUT2D eigenvalue weighted by Crippen LogP contribution is -2.43. The van der Waals surface area contributed by atoms with E-state index < -0.39 is 0 Å². The molecule has 4 heteroatoms. The Morgan fingerprint density at radius 1 is 1.38 bits per heavy atom. The fourth-order valence-electron chi connectivity index (χ4n) is 2.05. The summed E-state index contributed by atoms with van der Waals surface area (Å²) >= 11 is 0. The minimum absolute atomic E-state index is 0.510. The van der Waals surface area contributed by atoms with Crippen LogP contribution >= 0.6 is 0 Å². The number of rotatable bonds is 8. The van der Waals surface area contributed by atoms with E-state index in [1.165, 1.54) is 12.8 Å². The van der Waals surface area contributed by atoms with Gasteiger partial charge < -0.3 is 14.8 Å². The largest absolute Gasteiger partial charge is 0.383 e. The number of hydrogen-bond acceptors (Lipinski definition) is 4. The van der Waals surface area contributed by atoms with Crippen LogP contribution in [0.15, 0.2) is 0 Å². The molecular weight excluding hydrogens is 204 g/mol. The summed E-state index contributed by atoms with van der Waals surface area (Å²) in [6, 6.07) is 0.510. The fraction of sp³-hybridized carbons (Fsp3) is 1.00. The van der Waals surface area contributed by atoms with Gasteiger partial charge in [-0.05, 0) is 6.42 Å². The Morgan fingerprint density at radius 3 is 2.75 bits per heavy atom. The number of hydrogen-bond donors (Lipinski definition) is 1. The molecule has 1 heterocycles. The molecule has 0 aromatic heterocycles. The van der Waals surface area contributed by atoms with Gasteiger partial charge >= 0.3 is 0 Å². The highest BCUT2D eigenvalue weighted by molar-refractivity contribution is 4.68. The molecule has 0 saturated carbocycles. The van der Waals surface area contributed by atoms with Crippen molar-refractivity contribution in [1.82, 2.24) is 10.2 Å². The van der Waals surface area contributed by atoms with Gasteiger partial charge in [-0.15, -0.1) is 0 Å². The molecule has 0 aromatic carbocycles. The second-order valence-corrected chi connectivity index (χ2v) is 4.35. The van der Waals surface area contributed by atoms with E-state index in [2.05, 4.69) is 17.1 Å². The van der Waals surface area contributed by atoms with Crippen molar-refractivity contribution in [3.63, 3.8) is 0 Å². The first kappa shape index (κ1) is 13.9. The number of nitrogens with one attached hydrogen (secondary N) is 1. The van der Waals surface area contributed by atoms with Crippen molar-refractivity contribution in [2.45, 2.75) is 25.8 Å². The van der Waals surface area contributed by atoms with Crippen LogP contribution in [-0.2, 0) is 9.47 Å². The van der Waals surface area contributed by atoms with Gasteiger partial charge in [0.1, 0.15) is 0 Å². The molecule has 0 bridgehead atoms. The van der Waals surface area contributed by atoms with Crippen LogP contribution in [0.2, 0.25) is 0 Å². The van der Waals surface area contributed by atoms with E-state index in [9.17, 15) is 0 Å². The van der Waals surface area contributed by atoms with Crippen molar-refractivity contribution in [3.8, 4) is 0 Å². The maximum atomic E-state index is 5.32. The molecule has 16 heavy (non-hydrogen) atoms. The first-order valence-corrected chi connectivity index (χ1v) is 6.39. The molecule has 1 fully saturated rings. The van der Waals surface area contributed by atoms with Crippen molar-refractivity contribution < 1.29 is 9.47 Å². The van der Waals surface area contributed by atoms with Gasteiger partial charge in [-0.25, -0.2) is 0 Å². The number of nitrogens with zero attached hydrogens (tertiary/aromatic N) is 1. The maximum absolute atomic E-state index is 5.32. The molecule has 1 unspecified atom stereocenters. The van der Waals surface area contributed by atoms with Crippen molar-refractivity contribution in [3.05, 3.63) is 0 Å². The van der Waals surface area contributed by atoms with E-state index >= 15 is 0 Å². The highest BCUT2D eigenvalue weighted by atomic mass is 16.5. The van der Waals surface area contributed by atoms with E-state index in [0.29, 0.717) is 6.04 Å². The van der Waals surface area contributed by atoms with Gasteiger partial charge in [0, 0.05) is 39.3 Å². The summed E-state index contributed by atoms with van der Waals surface area (Å²) in [5.41, 5.74) is 0. The van der Waals surface area contributed by atoms with Crippen LogP contribution in [0.4, 0.5) is 0 Å². The summed E-state index contributed by atoms with van der Waals surface area (Å²) in [5.74, 6) is 0. The molecule has 96 valence electrons. The van der Waals surface area contributed by atoms with E-state index in [1.54, 1.807) is 7.11 Å². The lowest BCUT2D eigenvalue weighted by molar-refractivity contribution is 0.0376. The van der Waals surface area contributed by atoms with E-state index in [-0.39, 0.29) is 0 Å². The molecule has 0 aromatic rings. The molecule has 4 nitrogen and oxygen atoms in total. The normalized spacial score (nSPS) is 19.9. The summed E-state index contributed by atoms with van der Waals surface area (Å²) in [7, 11) is 1.77. The zero-order valence-electron chi connectivity index (χ0n) is 10.7. The molecule has 1 aliphatic rings. The minimum Gasteiger partial charge on any atom is -0.383 e. The quantitative estimate of drug-likeness (QED) is 0.666. The van der Waals surface area contributed by atoms with E-state index in [1.807, 2.05) is 0 Å². The Labute approximate surface area is 99.3 Å². The number of methoxy groups -OCH3 is 1. The maximum Gasteiger partial charge on any atom is 0.0615 e. The summed E-state index contributed by atoms with van der Waals surface area (Å²) in [4.78, 5) is 2.45. The van der Waals surface area contributed by atoms with Gasteiger partial charge in [0.15, 0.2) is 0 Å². The van der Waals surface area contributed by atoms with Gasteiger partial charge in [-0.3, -0.25) is 4.90 Å². The van der Waals surface area contributed by atoms with Crippen LogP contribution < -0.4 is 5.32 Å². The molecule has 0 radical (unpaired) electrons. The third-order valence-corrected chi connectivity index (χ3v) is 2.97. The summed E-state index contributed by atoms with van der Waals surface area (Å²) in [5, 5.41) is 3.56. The van der Waals surface area contributed by atoms with Crippen LogP contribution in [0.5, 0.6) is 0 Å². The molecular formula is C12H26N2O2. The molecule has 1 N–H and O–H groups in total. The average molecular weight is 230 g/mol. The van der Waals surface area contributed by atoms with Gasteiger partial charge in [-0.1, -0.05) is 13.3 Å². The molecule has 0 aliphatic carbocycles. The van der Waals surface area contributed by atoms with Crippen molar-refractivity contribution in [1.29, 1.82) is 0 Å². The Balaban J connectivity index is 2.06. The Morgan fingerprint density at radius 2 is 2.12 bits per heavy atom. The average Bonchev–Trinajstić information content (AvgIpc) is 2.31. The number of morpholine rings is 1. The van der Waals surface area contributed by atoms with Crippen molar-refractivity contribution >= 4 is 0 Å². The topological polar surface area (TPSA) is 33.7 Å². The Hall–Kier alpha value is -0.160. The molecule has 1 rings (SSSR count). The Bertz CT molecular complexity index is 155. The summed E-state index contributed by atoms with van der Waals surface area (Å²) in [6.45, 7) is 9.12. The molecule has 1 atom stereocenters. The van der Waals surface area contributed by atoms with Crippen LogP contribution in [0.1, 0.15) is 19.8 Å². The van der Waals surface area contributed by atoms with Crippen LogP contribution in [-0.4, -0.2) is 64.1 Å². The van der Waals surface area contributed by atoms with E-state index in [4.69, 9.17) is 9.47 Å². The highest BCUT2D eigenvalue weighted by Crippen LogP contribution is 1.98. The van der Waals surface area contributed by atoms with Crippen LogP contribution in [0, 0.1) is 0 Å². The van der Waals surface area contributed by atoms with Crippen LogP contribution in [0.25, 0.3) is 0 Å². The third kappa shape index (κ3) is 5.80. The zero-order chi connectivity index (χ0) is 11.6. The predicted molar refractivity (Wildman–Crippen MR) is 65.8 cm³/mol. The van der Waals surface area contributed by atoms with Crippen molar-refractivity contribution in [2.24, 2.45) is 0 Å². The molecule has 0 amide bonds. The number of ether oxygens (including phenoxy) is 2.